The Hall–Kier alpha value is -1.69. The minimum Gasteiger partial charge on any atom is -0.391 e. The van der Waals surface area contributed by atoms with Crippen molar-refractivity contribution in [1.29, 1.82) is 0 Å². The molecule has 2 N–H and O–H groups in total. The lowest BCUT2D eigenvalue weighted by Gasteiger charge is -2.44. The number of carbonyl (C=O) groups excluding carboxylic acids is 1. The second kappa shape index (κ2) is 5.50. The summed E-state index contributed by atoms with van der Waals surface area (Å²) in [5.41, 5.74) is 2.73. The van der Waals surface area contributed by atoms with E-state index in [0.717, 1.165) is 48.8 Å². The number of hydrogen-bond donors (Lipinski definition) is 2. The van der Waals surface area contributed by atoms with Crippen molar-refractivity contribution < 1.29 is 9.90 Å². The normalized spacial score (nSPS) is 24.5. The Morgan fingerprint density at radius 1 is 1.18 bits per heavy atom. The number of aliphatic hydroxyl groups excluding tert-OH is 1. The molecule has 0 saturated carbocycles. The average Bonchev–Trinajstić information content (AvgIpc) is 2.49. The van der Waals surface area contributed by atoms with Crippen LogP contribution in [-0.2, 0) is 4.79 Å². The van der Waals surface area contributed by atoms with Gasteiger partial charge in [-0.05, 0) is 45.6 Å². The number of aryl methyl sites for hydroxylation is 2. The fraction of sp³-hybridized carbons (Fsp3) is 0.688. The first kappa shape index (κ1) is 15.2. The van der Waals surface area contributed by atoms with Crippen molar-refractivity contribution in [3.8, 4) is 0 Å². The number of nitrogens with zero attached hydrogens (tertiary/aromatic N) is 3. The molecule has 0 bridgehead atoms. The molecule has 22 heavy (non-hydrogen) atoms. The highest BCUT2D eigenvalue weighted by atomic mass is 16.3. The predicted octanol–water partition coefficient (Wildman–Crippen LogP) is 0.869. The molecule has 3 rings (SSSR count). The van der Waals surface area contributed by atoms with Crippen LogP contribution in [0.5, 0.6) is 0 Å². The van der Waals surface area contributed by atoms with Crippen molar-refractivity contribution in [3.63, 3.8) is 0 Å². The van der Waals surface area contributed by atoms with Gasteiger partial charge in [-0.1, -0.05) is 0 Å². The van der Waals surface area contributed by atoms with Crippen molar-refractivity contribution in [1.82, 2.24) is 15.3 Å². The van der Waals surface area contributed by atoms with E-state index >= 15 is 0 Å². The van der Waals surface area contributed by atoms with E-state index in [4.69, 9.17) is 0 Å². The number of piperidine rings is 2. The molecule has 2 aliphatic rings. The number of carbonyl (C=O) groups is 1. The molecule has 120 valence electrons. The first-order chi connectivity index (χ1) is 10.4. The van der Waals surface area contributed by atoms with Crippen LogP contribution in [0.1, 0.15) is 36.2 Å². The molecule has 2 fully saturated rings. The van der Waals surface area contributed by atoms with Gasteiger partial charge in [0, 0.05) is 31.0 Å². The maximum Gasteiger partial charge on any atom is 0.226 e. The van der Waals surface area contributed by atoms with Crippen LogP contribution in [0, 0.1) is 26.2 Å². The summed E-state index contributed by atoms with van der Waals surface area (Å²) in [5, 5.41) is 12.7. The van der Waals surface area contributed by atoms with Gasteiger partial charge in [-0.15, -0.1) is 0 Å². The van der Waals surface area contributed by atoms with E-state index in [9.17, 15) is 9.90 Å². The van der Waals surface area contributed by atoms with Crippen molar-refractivity contribution >= 4 is 11.9 Å². The number of β-amino-alcohol motifs (C(OH)–C–C–N with tert-alkyl or cyclic N) is 1. The van der Waals surface area contributed by atoms with E-state index < -0.39 is 11.5 Å². The van der Waals surface area contributed by atoms with Gasteiger partial charge >= 0.3 is 0 Å². The number of anilines is 1. The summed E-state index contributed by atoms with van der Waals surface area (Å²) in [5.74, 6) is 0.849. The van der Waals surface area contributed by atoms with E-state index in [1.807, 2.05) is 20.8 Å². The highest BCUT2D eigenvalue weighted by molar-refractivity contribution is 5.83. The molecule has 1 aromatic rings. The molecule has 2 aliphatic heterocycles. The summed E-state index contributed by atoms with van der Waals surface area (Å²) in [6.45, 7) is 7.93. The zero-order valence-electron chi connectivity index (χ0n) is 13.5. The fourth-order valence-corrected chi connectivity index (χ4v) is 3.48. The molecule has 0 aliphatic carbocycles. The summed E-state index contributed by atoms with van der Waals surface area (Å²) < 4.78 is 0. The maximum absolute atomic E-state index is 12.2. The number of aromatic nitrogens is 2. The molecule has 0 aromatic carbocycles. The maximum atomic E-state index is 12.2. The van der Waals surface area contributed by atoms with Gasteiger partial charge in [0.1, 0.15) is 0 Å². The largest absolute Gasteiger partial charge is 0.391 e. The van der Waals surface area contributed by atoms with Crippen LogP contribution in [0.15, 0.2) is 0 Å². The second-order valence-corrected chi connectivity index (χ2v) is 6.65. The van der Waals surface area contributed by atoms with Gasteiger partial charge in [0.25, 0.3) is 0 Å². The number of amides is 1. The number of hydrogen-bond acceptors (Lipinski definition) is 5. The first-order valence-corrected chi connectivity index (χ1v) is 7.94. The van der Waals surface area contributed by atoms with Crippen LogP contribution >= 0.6 is 0 Å². The molecule has 1 spiro atoms. The minimum atomic E-state index is -0.427. The Kier molecular flexibility index (Phi) is 3.80. The molecule has 6 nitrogen and oxygen atoms in total. The highest BCUT2D eigenvalue weighted by Crippen LogP contribution is 2.39. The monoisotopic (exact) mass is 304 g/mol. The lowest BCUT2D eigenvalue weighted by atomic mass is 9.71. The van der Waals surface area contributed by atoms with Gasteiger partial charge in [-0.3, -0.25) is 4.79 Å². The molecular weight excluding hydrogens is 280 g/mol. The van der Waals surface area contributed by atoms with Crippen molar-refractivity contribution in [2.45, 2.75) is 46.1 Å². The average molecular weight is 304 g/mol. The molecule has 6 heteroatoms. The Labute approximate surface area is 131 Å². The van der Waals surface area contributed by atoms with Gasteiger partial charge in [0.2, 0.25) is 11.9 Å². The molecule has 3 heterocycles. The number of rotatable bonds is 1. The molecular formula is C16H24N4O2. The molecule has 1 atom stereocenters. The Balaban J connectivity index is 1.75. The molecule has 0 radical (unpaired) electrons. The summed E-state index contributed by atoms with van der Waals surface area (Å²) in [7, 11) is 0. The van der Waals surface area contributed by atoms with Gasteiger partial charge < -0.3 is 15.3 Å². The number of nitrogens with one attached hydrogen (secondary N) is 1. The highest BCUT2D eigenvalue weighted by Gasteiger charge is 2.45. The van der Waals surface area contributed by atoms with Crippen LogP contribution in [0.2, 0.25) is 0 Å². The van der Waals surface area contributed by atoms with E-state index in [1.54, 1.807) is 0 Å². The van der Waals surface area contributed by atoms with E-state index in [1.165, 1.54) is 0 Å². The van der Waals surface area contributed by atoms with Gasteiger partial charge in [0.05, 0.1) is 11.5 Å². The Morgan fingerprint density at radius 3 is 2.36 bits per heavy atom. The topological polar surface area (TPSA) is 78.4 Å². The van der Waals surface area contributed by atoms with Crippen molar-refractivity contribution in [2.75, 3.05) is 24.5 Å². The van der Waals surface area contributed by atoms with E-state index in [2.05, 4.69) is 20.2 Å². The van der Waals surface area contributed by atoms with E-state index in [0.29, 0.717) is 13.0 Å². The minimum absolute atomic E-state index is 0.0923. The van der Waals surface area contributed by atoms with Gasteiger partial charge in [0.15, 0.2) is 0 Å². The van der Waals surface area contributed by atoms with Gasteiger partial charge in [-0.2, -0.15) is 0 Å². The SMILES string of the molecule is Cc1nc(N2CCC3(CC2)CC(O)CNC3=O)nc(C)c1C. The van der Waals surface area contributed by atoms with Crippen LogP contribution in [0.25, 0.3) is 0 Å². The summed E-state index contributed by atoms with van der Waals surface area (Å²) in [6.07, 6.45) is 1.63. The van der Waals surface area contributed by atoms with Crippen LogP contribution in [0.4, 0.5) is 5.95 Å². The zero-order valence-corrected chi connectivity index (χ0v) is 13.5. The summed E-state index contributed by atoms with van der Waals surface area (Å²) in [4.78, 5) is 23.6. The third-order valence-electron chi connectivity index (χ3n) is 5.23. The lowest BCUT2D eigenvalue weighted by molar-refractivity contribution is -0.138. The van der Waals surface area contributed by atoms with E-state index in [-0.39, 0.29) is 5.91 Å². The Bertz CT molecular complexity index is 571. The third-order valence-corrected chi connectivity index (χ3v) is 5.23. The Morgan fingerprint density at radius 2 is 1.77 bits per heavy atom. The zero-order chi connectivity index (χ0) is 15.9. The quantitative estimate of drug-likeness (QED) is 0.805. The summed E-state index contributed by atoms with van der Waals surface area (Å²) >= 11 is 0. The van der Waals surface area contributed by atoms with Gasteiger partial charge in [-0.25, -0.2) is 9.97 Å². The first-order valence-electron chi connectivity index (χ1n) is 7.94. The smallest absolute Gasteiger partial charge is 0.226 e. The molecule has 2 saturated heterocycles. The third kappa shape index (κ3) is 2.56. The fourth-order valence-electron chi connectivity index (χ4n) is 3.48. The number of aliphatic hydroxyl groups is 1. The van der Waals surface area contributed by atoms with Crippen LogP contribution < -0.4 is 10.2 Å². The van der Waals surface area contributed by atoms with Crippen LogP contribution in [0.3, 0.4) is 0 Å². The summed E-state index contributed by atoms with van der Waals surface area (Å²) in [6, 6.07) is 0. The second-order valence-electron chi connectivity index (χ2n) is 6.65. The molecule has 1 unspecified atom stereocenters. The standard InChI is InChI=1S/C16H24N4O2/c1-10-11(2)18-15(19-12(10)3)20-6-4-16(5-7-20)8-13(21)9-17-14(16)22/h13,21H,4-9H2,1-3H3,(H,17,22). The molecule has 1 aromatic heterocycles. The van der Waals surface area contributed by atoms with Crippen LogP contribution in [-0.4, -0.2) is 46.7 Å². The van der Waals surface area contributed by atoms with Crippen molar-refractivity contribution in [3.05, 3.63) is 17.0 Å². The lowest BCUT2D eigenvalue weighted by Crippen LogP contribution is -2.56. The molecule has 1 amide bonds. The van der Waals surface area contributed by atoms with Crippen molar-refractivity contribution in [2.24, 2.45) is 5.41 Å². The predicted molar refractivity (Wildman–Crippen MR) is 83.8 cm³/mol.